The standard InChI is InChI=1S/C17H35NSi/c1-5-9-10-11-12-13-15-18-16-14-17-19(6-2,7-3)8-4/h6,16H,2,5,7-15,17H2,1,3-4H3. The van der Waals surface area contributed by atoms with Crippen LogP contribution < -0.4 is 0 Å². The highest BCUT2D eigenvalue weighted by Gasteiger charge is 2.23. The number of hydrogen-bond acceptors (Lipinski definition) is 1. The zero-order valence-corrected chi connectivity index (χ0v) is 14.6. The summed E-state index contributed by atoms with van der Waals surface area (Å²) >= 11 is 0. The van der Waals surface area contributed by atoms with Crippen LogP contribution in [-0.4, -0.2) is 20.8 Å². The molecule has 0 saturated heterocycles. The van der Waals surface area contributed by atoms with Crippen LogP contribution in [0.25, 0.3) is 0 Å². The summed E-state index contributed by atoms with van der Waals surface area (Å²) in [5.74, 6) is 0. The summed E-state index contributed by atoms with van der Waals surface area (Å²) in [7, 11) is -1.14. The molecule has 0 saturated carbocycles. The van der Waals surface area contributed by atoms with Crippen molar-refractivity contribution in [3.63, 3.8) is 0 Å². The van der Waals surface area contributed by atoms with Gasteiger partial charge in [0.25, 0.3) is 0 Å². The third-order valence-corrected chi connectivity index (χ3v) is 9.35. The highest BCUT2D eigenvalue weighted by Crippen LogP contribution is 2.22. The van der Waals surface area contributed by atoms with Crippen LogP contribution in [0.1, 0.15) is 65.7 Å². The first kappa shape index (κ1) is 18.6. The Hall–Kier alpha value is -0.373. The van der Waals surface area contributed by atoms with Crippen molar-refractivity contribution in [2.24, 2.45) is 4.99 Å². The lowest BCUT2D eigenvalue weighted by Crippen LogP contribution is -2.29. The van der Waals surface area contributed by atoms with E-state index in [0.717, 1.165) is 13.0 Å². The predicted octanol–water partition coefficient (Wildman–Crippen LogP) is 6.02. The van der Waals surface area contributed by atoms with Crippen LogP contribution in [0.15, 0.2) is 17.3 Å². The molecule has 0 amide bonds. The minimum atomic E-state index is -1.14. The Morgan fingerprint density at radius 2 is 1.58 bits per heavy atom. The largest absolute Gasteiger partial charge is 0.298 e. The zero-order valence-electron chi connectivity index (χ0n) is 13.6. The maximum Gasteiger partial charge on any atom is 0.0768 e. The molecule has 0 spiro atoms. The van der Waals surface area contributed by atoms with Gasteiger partial charge in [-0.15, -0.1) is 12.3 Å². The number of rotatable bonds is 13. The number of aliphatic imine (C=N–C) groups is 1. The molecule has 0 aromatic heterocycles. The molecular formula is C17H35NSi. The molecule has 0 aliphatic rings. The van der Waals surface area contributed by atoms with E-state index in [-0.39, 0.29) is 0 Å². The molecule has 0 fully saturated rings. The first-order valence-corrected chi connectivity index (χ1v) is 11.1. The van der Waals surface area contributed by atoms with Crippen molar-refractivity contribution in [3.05, 3.63) is 12.3 Å². The molecule has 0 rings (SSSR count). The molecule has 0 bridgehead atoms. The monoisotopic (exact) mass is 281 g/mol. The summed E-state index contributed by atoms with van der Waals surface area (Å²) in [6.07, 6.45) is 11.5. The SMILES string of the molecule is C=C[Si](CC)(CC)CCC=NCCCCCCCC. The maximum absolute atomic E-state index is 4.56. The van der Waals surface area contributed by atoms with Crippen molar-refractivity contribution in [1.82, 2.24) is 0 Å². The van der Waals surface area contributed by atoms with Crippen LogP contribution in [0.3, 0.4) is 0 Å². The Kier molecular flexibility index (Phi) is 12.4. The number of nitrogens with zero attached hydrogens (tertiary/aromatic N) is 1. The summed E-state index contributed by atoms with van der Waals surface area (Å²) in [4.78, 5) is 4.56. The minimum absolute atomic E-state index is 1.03. The quantitative estimate of drug-likeness (QED) is 0.222. The second-order valence-corrected chi connectivity index (χ2v) is 10.7. The van der Waals surface area contributed by atoms with E-state index >= 15 is 0 Å². The van der Waals surface area contributed by atoms with Gasteiger partial charge >= 0.3 is 0 Å². The summed E-state index contributed by atoms with van der Waals surface area (Å²) < 4.78 is 0. The van der Waals surface area contributed by atoms with Crippen molar-refractivity contribution in [2.45, 2.75) is 83.8 Å². The fraction of sp³-hybridized carbons (Fsp3) is 0.824. The van der Waals surface area contributed by atoms with Gasteiger partial charge < -0.3 is 0 Å². The van der Waals surface area contributed by atoms with E-state index in [1.54, 1.807) is 0 Å². The Morgan fingerprint density at radius 1 is 0.947 bits per heavy atom. The second-order valence-electron chi connectivity index (χ2n) is 5.67. The summed E-state index contributed by atoms with van der Waals surface area (Å²) in [6.45, 7) is 12.0. The third kappa shape index (κ3) is 9.20. The first-order valence-electron chi connectivity index (χ1n) is 8.36. The highest BCUT2D eigenvalue weighted by molar-refractivity contribution is 6.84. The summed E-state index contributed by atoms with van der Waals surface area (Å²) in [5.41, 5.74) is 2.29. The normalized spacial score (nSPS) is 12.2. The van der Waals surface area contributed by atoms with Gasteiger partial charge in [-0.3, -0.25) is 4.99 Å². The van der Waals surface area contributed by atoms with Crippen molar-refractivity contribution in [3.8, 4) is 0 Å². The van der Waals surface area contributed by atoms with Crippen molar-refractivity contribution in [1.29, 1.82) is 0 Å². The van der Waals surface area contributed by atoms with E-state index in [0.29, 0.717) is 0 Å². The molecule has 0 unspecified atom stereocenters. The molecule has 0 atom stereocenters. The molecule has 0 aliphatic carbocycles. The van der Waals surface area contributed by atoms with Gasteiger partial charge in [0.1, 0.15) is 0 Å². The highest BCUT2D eigenvalue weighted by atomic mass is 28.3. The molecular weight excluding hydrogens is 246 g/mol. The maximum atomic E-state index is 4.56. The predicted molar refractivity (Wildman–Crippen MR) is 93.1 cm³/mol. The molecule has 0 N–H and O–H groups in total. The van der Waals surface area contributed by atoms with E-state index in [4.69, 9.17) is 0 Å². The van der Waals surface area contributed by atoms with Crippen LogP contribution in [0, 0.1) is 0 Å². The summed E-state index contributed by atoms with van der Waals surface area (Å²) in [5, 5.41) is 0. The van der Waals surface area contributed by atoms with Crippen LogP contribution in [-0.2, 0) is 0 Å². The van der Waals surface area contributed by atoms with E-state index in [9.17, 15) is 0 Å². The minimum Gasteiger partial charge on any atom is -0.298 e. The average molecular weight is 282 g/mol. The fourth-order valence-electron chi connectivity index (χ4n) is 2.51. The van der Waals surface area contributed by atoms with E-state index in [1.807, 2.05) is 0 Å². The van der Waals surface area contributed by atoms with E-state index in [2.05, 4.69) is 44.3 Å². The smallest absolute Gasteiger partial charge is 0.0768 e. The lowest BCUT2D eigenvalue weighted by molar-refractivity contribution is 0.612. The topological polar surface area (TPSA) is 12.4 Å². The Labute approximate surface area is 122 Å². The third-order valence-electron chi connectivity index (χ3n) is 4.38. The Balaban J connectivity index is 3.55. The van der Waals surface area contributed by atoms with E-state index < -0.39 is 8.07 Å². The fourth-order valence-corrected chi connectivity index (χ4v) is 5.20. The van der Waals surface area contributed by atoms with E-state index in [1.165, 1.54) is 56.7 Å². The van der Waals surface area contributed by atoms with Gasteiger partial charge in [0.15, 0.2) is 0 Å². The molecule has 0 heterocycles. The van der Waals surface area contributed by atoms with Crippen molar-refractivity contribution >= 4 is 14.3 Å². The first-order chi connectivity index (χ1) is 9.24. The van der Waals surface area contributed by atoms with Gasteiger partial charge in [0, 0.05) is 6.54 Å². The molecule has 2 heteroatoms. The summed E-state index contributed by atoms with van der Waals surface area (Å²) in [6, 6.07) is 4.00. The molecule has 112 valence electrons. The number of hydrogen-bond donors (Lipinski definition) is 0. The lowest BCUT2D eigenvalue weighted by atomic mass is 10.1. The van der Waals surface area contributed by atoms with Crippen molar-refractivity contribution < 1.29 is 0 Å². The van der Waals surface area contributed by atoms with Gasteiger partial charge in [-0.05, 0) is 25.1 Å². The molecule has 0 aromatic carbocycles. The van der Waals surface area contributed by atoms with Crippen LogP contribution >= 0.6 is 0 Å². The molecule has 0 aromatic rings. The lowest BCUT2D eigenvalue weighted by Gasteiger charge is -2.24. The van der Waals surface area contributed by atoms with Crippen LogP contribution in [0.2, 0.25) is 18.1 Å². The molecule has 0 aliphatic heterocycles. The van der Waals surface area contributed by atoms with Gasteiger partial charge in [0.2, 0.25) is 0 Å². The van der Waals surface area contributed by atoms with Gasteiger partial charge in [-0.2, -0.15) is 0 Å². The number of unbranched alkanes of at least 4 members (excludes halogenated alkanes) is 5. The average Bonchev–Trinajstić information content (AvgIpc) is 2.46. The molecule has 1 nitrogen and oxygen atoms in total. The van der Waals surface area contributed by atoms with Gasteiger partial charge in [-0.1, -0.05) is 65.0 Å². The molecule has 0 radical (unpaired) electrons. The zero-order chi connectivity index (χ0) is 14.4. The van der Waals surface area contributed by atoms with Gasteiger partial charge in [-0.25, -0.2) is 0 Å². The molecule has 19 heavy (non-hydrogen) atoms. The Morgan fingerprint density at radius 3 is 2.16 bits per heavy atom. The van der Waals surface area contributed by atoms with Crippen LogP contribution in [0.4, 0.5) is 0 Å². The Bertz CT molecular complexity index is 231. The van der Waals surface area contributed by atoms with Crippen LogP contribution in [0.5, 0.6) is 0 Å². The second kappa shape index (κ2) is 12.7. The van der Waals surface area contributed by atoms with Crippen molar-refractivity contribution in [2.75, 3.05) is 6.54 Å². The van der Waals surface area contributed by atoms with Gasteiger partial charge in [0.05, 0.1) is 8.07 Å².